The number of hydrogen-bond acceptors (Lipinski definition) is 3. The van der Waals surface area contributed by atoms with E-state index in [1.54, 1.807) is 36.4 Å². The molecule has 0 aromatic heterocycles. The molecule has 3 N–H and O–H groups in total. The van der Waals surface area contributed by atoms with Crippen LogP contribution in [0.4, 0.5) is 11.4 Å². The van der Waals surface area contributed by atoms with Crippen LogP contribution in [0.15, 0.2) is 48.5 Å². The van der Waals surface area contributed by atoms with Gasteiger partial charge in [-0.2, -0.15) is 0 Å². The summed E-state index contributed by atoms with van der Waals surface area (Å²) in [5, 5.41) is 9.51. The molecular formula is C21H24ClN3O2. The maximum atomic E-state index is 12.4. The number of carbonyl (C=O) groups excluding carboxylic acids is 2. The van der Waals surface area contributed by atoms with E-state index in [0.29, 0.717) is 16.3 Å². The molecule has 142 valence electrons. The molecule has 6 heteroatoms. The van der Waals surface area contributed by atoms with E-state index >= 15 is 0 Å². The van der Waals surface area contributed by atoms with Crippen LogP contribution >= 0.6 is 11.6 Å². The molecule has 2 aromatic rings. The van der Waals surface area contributed by atoms with Gasteiger partial charge in [-0.1, -0.05) is 43.0 Å². The summed E-state index contributed by atoms with van der Waals surface area (Å²) in [6.45, 7) is 0.0974. The van der Waals surface area contributed by atoms with Gasteiger partial charge in [0.05, 0.1) is 6.54 Å². The van der Waals surface area contributed by atoms with Crippen LogP contribution in [0.2, 0.25) is 5.02 Å². The highest BCUT2D eigenvalue weighted by Crippen LogP contribution is 2.19. The summed E-state index contributed by atoms with van der Waals surface area (Å²) < 4.78 is 0. The maximum Gasteiger partial charge on any atom is 0.251 e. The van der Waals surface area contributed by atoms with Gasteiger partial charge in [-0.25, -0.2) is 0 Å². The Morgan fingerprint density at radius 2 is 1.70 bits per heavy atom. The van der Waals surface area contributed by atoms with Crippen LogP contribution in [0, 0.1) is 0 Å². The van der Waals surface area contributed by atoms with E-state index in [0.717, 1.165) is 18.5 Å². The summed E-state index contributed by atoms with van der Waals surface area (Å²) in [6, 6.07) is 14.5. The van der Waals surface area contributed by atoms with Crippen molar-refractivity contribution >= 4 is 34.8 Å². The highest BCUT2D eigenvalue weighted by Gasteiger charge is 2.16. The molecule has 0 spiro atoms. The molecule has 0 atom stereocenters. The highest BCUT2D eigenvalue weighted by atomic mass is 35.5. The Balaban J connectivity index is 1.52. The molecule has 1 aliphatic rings. The largest absolute Gasteiger partial charge is 0.376 e. The predicted molar refractivity (Wildman–Crippen MR) is 109 cm³/mol. The average Bonchev–Trinajstić information content (AvgIpc) is 2.67. The molecule has 0 saturated heterocycles. The molecule has 0 aliphatic heterocycles. The predicted octanol–water partition coefficient (Wildman–Crippen LogP) is 4.45. The first-order valence-electron chi connectivity index (χ1n) is 9.30. The standard InChI is InChI=1S/C21H24ClN3O2/c22-16-7-5-11-19(13-16)24-20(26)14-23-18-10-4-6-15(12-18)21(27)25-17-8-2-1-3-9-17/h4-7,10-13,17,23H,1-3,8-9,14H2,(H,24,26)(H,25,27). The highest BCUT2D eigenvalue weighted by molar-refractivity contribution is 6.30. The second-order valence-electron chi connectivity index (χ2n) is 6.80. The molecular weight excluding hydrogens is 362 g/mol. The van der Waals surface area contributed by atoms with Crippen LogP contribution in [-0.4, -0.2) is 24.4 Å². The quantitative estimate of drug-likeness (QED) is 0.687. The molecule has 1 aliphatic carbocycles. The number of carbonyl (C=O) groups is 2. The minimum Gasteiger partial charge on any atom is -0.376 e. The number of anilines is 2. The van der Waals surface area contributed by atoms with Crippen molar-refractivity contribution < 1.29 is 9.59 Å². The fourth-order valence-electron chi connectivity index (χ4n) is 3.24. The molecule has 3 rings (SSSR count). The third kappa shape index (κ3) is 6.00. The second-order valence-corrected chi connectivity index (χ2v) is 7.24. The lowest BCUT2D eigenvalue weighted by molar-refractivity contribution is -0.114. The van der Waals surface area contributed by atoms with Crippen molar-refractivity contribution in [2.45, 2.75) is 38.1 Å². The van der Waals surface area contributed by atoms with Crippen LogP contribution in [0.25, 0.3) is 0 Å². The number of halogens is 1. The first-order valence-corrected chi connectivity index (χ1v) is 9.68. The molecule has 5 nitrogen and oxygen atoms in total. The number of hydrogen-bond donors (Lipinski definition) is 3. The summed E-state index contributed by atoms with van der Waals surface area (Å²) in [7, 11) is 0. The smallest absolute Gasteiger partial charge is 0.251 e. The Bertz CT molecular complexity index is 804. The molecule has 1 fully saturated rings. The zero-order valence-corrected chi connectivity index (χ0v) is 15.9. The van der Waals surface area contributed by atoms with Gasteiger partial charge < -0.3 is 16.0 Å². The van der Waals surface area contributed by atoms with Gasteiger partial charge >= 0.3 is 0 Å². The summed E-state index contributed by atoms with van der Waals surface area (Å²) >= 11 is 5.91. The van der Waals surface area contributed by atoms with Gasteiger partial charge in [0.25, 0.3) is 5.91 Å². The number of rotatable bonds is 6. The van der Waals surface area contributed by atoms with Gasteiger partial charge in [-0.15, -0.1) is 0 Å². The van der Waals surface area contributed by atoms with E-state index < -0.39 is 0 Å². The summed E-state index contributed by atoms with van der Waals surface area (Å²) in [5.74, 6) is -0.247. The molecule has 27 heavy (non-hydrogen) atoms. The Kier molecular flexibility index (Phi) is 6.71. The normalized spacial score (nSPS) is 14.4. The maximum absolute atomic E-state index is 12.4. The summed E-state index contributed by atoms with van der Waals surface area (Å²) in [4.78, 5) is 24.5. The monoisotopic (exact) mass is 385 g/mol. The van der Waals surface area contributed by atoms with Gasteiger partial charge in [0.2, 0.25) is 5.91 Å². The van der Waals surface area contributed by atoms with Crippen molar-refractivity contribution in [2.24, 2.45) is 0 Å². The van der Waals surface area contributed by atoms with E-state index in [1.165, 1.54) is 19.3 Å². The zero-order valence-electron chi connectivity index (χ0n) is 15.1. The van der Waals surface area contributed by atoms with Crippen molar-refractivity contribution in [3.05, 3.63) is 59.1 Å². The van der Waals surface area contributed by atoms with Crippen molar-refractivity contribution in [1.29, 1.82) is 0 Å². The van der Waals surface area contributed by atoms with Crippen molar-refractivity contribution in [2.75, 3.05) is 17.2 Å². The van der Waals surface area contributed by atoms with E-state index in [2.05, 4.69) is 16.0 Å². The van der Waals surface area contributed by atoms with Crippen LogP contribution in [0.1, 0.15) is 42.5 Å². The third-order valence-electron chi connectivity index (χ3n) is 4.63. The SMILES string of the molecule is O=C(CNc1cccc(C(=O)NC2CCCCC2)c1)Nc1cccc(Cl)c1. The van der Waals surface area contributed by atoms with Crippen LogP contribution in [0.3, 0.4) is 0 Å². The van der Waals surface area contributed by atoms with E-state index in [4.69, 9.17) is 11.6 Å². The van der Waals surface area contributed by atoms with Gasteiger partial charge in [0.1, 0.15) is 0 Å². The molecule has 0 radical (unpaired) electrons. The fraction of sp³-hybridized carbons (Fsp3) is 0.333. The lowest BCUT2D eigenvalue weighted by atomic mass is 9.95. The Morgan fingerprint density at radius 1 is 0.963 bits per heavy atom. The minimum atomic E-state index is -0.186. The van der Waals surface area contributed by atoms with Crippen LogP contribution in [-0.2, 0) is 4.79 Å². The lowest BCUT2D eigenvalue weighted by Crippen LogP contribution is -2.36. The Morgan fingerprint density at radius 3 is 2.48 bits per heavy atom. The van der Waals surface area contributed by atoms with E-state index in [9.17, 15) is 9.59 Å². The fourth-order valence-corrected chi connectivity index (χ4v) is 3.43. The van der Waals surface area contributed by atoms with E-state index in [-0.39, 0.29) is 24.4 Å². The number of amides is 2. The van der Waals surface area contributed by atoms with Gasteiger partial charge in [-0.05, 0) is 49.2 Å². The van der Waals surface area contributed by atoms with Gasteiger partial charge in [0, 0.05) is 28.0 Å². The zero-order chi connectivity index (χ0) is 19.1. The Labute approximate surface area is 164 Å². The second kappa shape index (κ2) is 9.42. The molecule has 0 bridgehead atoms. The molecule has 1 saturated carbocycles. The summed E-state index contributed by atoms with van der Waals surface area (Å²) in [5.41, 5.74) is 1.98. The number of nitrogens with one attached hydrogen (secondary N) is 3. The van der Waals surface area contributed by atoms with Gasteiger partial charge in [-0.3, -0.25) is 9.59 Å². The minimum absolute atomic E-state index is 0.0612. The third-order valence-corrected chi connectivity index (χ3v) is 4.86. The van der Waals surface area contributed by atoms with E-state index in [1.807, 2.05) is 12.1 Å². The molecule has 2 aromatic carbocycles. The van der Waals surface area contributed by atoms with Crippen LogP contribution < -0.4 is 16.0 Å². The number of benzene rings is 2. The lowest BCUT2D eigenvalue weighted by Gasteiger charge is -2.22. The first kappa shape index (κ1) is 19.2. The van der Waals surface area contributed by atoms with Gasteiger partial charge in [0.15, 0.2) is 0 Å². The summed E-state index contributed by atoms with van der Waals surface area (Å²) in [6.07, 6.45) is 5.70. The average molecular weight is 386 g/mol. The molecule has 0 heterocycles. The molecule has 0 unspecified atom stereocenters. The van der Waals surface area contributed by atoms with Crippen molar-refractivity contribution in [3.8, 4) is 0 Å². The molecule has 2 amide bonds. The Hall–Kier alpha value is -2.53. The van der Waals surface area contributed by atoms with Crippen molar-refractivity contribution in [3.63, 3.8) is 0 Å². The van der Waals surface area contributed by atoms with Crippen molar-refractivity contribution in [1.82, 2.24) is 5.32 Å². The topological polar surface area (TPSA) is 70.2 Å². The van der Waals surface area contributed by atoms with Crippen LogP contribution in [0.5, 0.6) is 0 Å². The first-order chi connectivity index (χ1) is 13.1.